The fraction of sp³-hybridized carbons (Fsp3) is 0.588. The van der Waals surface area contributed by atoms with Crippen molar-refractivity contribution in [3.05, 3.63) is 30.1 Å². The van der Waals surface area contributed by atoms with Crippen LogP contribution in [0, 0.1) is 5.82 Å². The van der Waals surface area contributed by atoms with E-state index in [1.54, 1.807) is 6.07 Å². The lowest BCUT2D eigenvalue weighted by atomic mass is 10.2. The van der Waals surface area contributed by atoms with Gasteiger partial charge in [0.2, 0.25) is 0 Å². The van der Waals surface area contributed by atoms with Gasteiger partial charge in [0.1, 0.15) is 5.82 Å². The molecule has 1 heterocycles. The summed E-state index contributed by atoms with van der Waals surface area (Å²) in [4.78, 5) is 11.0. The van der Waals surface area contributed by atoms with Gasteiger partial charge in [-0.3, -0.25) is 4.99 Å². The number of hydrogen-bond donors (Lipinski definition) is 1. The topological polar surface area (TPSA) is 34.1 Å². The van der Waals surface area contributed by atoms with Gasteiger partial charge in [0.05, 0.1) is 5.69 Å². The average Bonchev–Trinajstić information content (AvgIpc) is 2.59. The first-order valence-electron chi connectivity index (χ1n) is 8.29. The Balaban J connectivity index is 0.00000288. The number of halogens is 2. The molecule has 7 heteroatoms. The molecule has 1 fully saturated rings. The van der Waals surface area contributed by atoms with Crippen LogP contribution in [-0.4, -0.2) is 75.7 Å². The molecule has 136 valence electrons. The molecule has 24 heavy (non-hydrogen) atoms. The average molecular weight is 449 g/mol. The lowest BCUT2D eigenvalue weighted by Crippen LogP contribution is -2.53. The Morgan fingerprint density at radius 2 is 1.92 bits per heavy atom. The van der Waals surface area contributed by atoms with Gasteiger partial charge in [0, 0.05) is 46.3 Å². The fourth-order valence-corrected chi connectivity index (χ4v) is 2.72. The third kappa shape index (κ3) is 5.77. The summed E-state index contributed by atoms with van der Waals surface area (Å²) in [6.07, 6.45) is 0. The summed E-state index contributed by atoms with van der Waals surface area (Å²) in [5.41, 5.74) is 0.694. The normalized spacial score (nSPS) is 15.5. The summed E-state index contributed by atoms with van der Waals surface area (Å²) in [5.74, 6) is 0.786. The minimum atomic E-state index is -0.147. The summed E-state index contributed by atoms with van der Waals surface area (Å²) in [5, 5.41) is 3.41. The van der Waals surface area contributed by atoms with Crippen molar-refractivity contribution in [2.45, 2.75) is 6.92 Å². The standard InChI is InChI=1S/C17H28FN5.HI/c1-4-21(3)10-9-20-17(19-2)23-13-11-22(12-14-23)16-8-6-5-7-15(16)18;/h5-8H,4,9-14H2,1-3H3,(H,19,20);1H. The SMILES string of the molecule is CCN(C)CCNC(=NC)N1CCN(c2ccccc2F)CC1.I. The highest BCUT2D eigenvalue weighted by Gasteiger charge is 2.21. The highest BCUT2D eigenvalue weighted by atomic mass is 127. The first-order chi connectivity index (χ1) is 11.2. The predicted octanol–water partition coefficient (Wildman–Crippen LogP) is 2.09. The maximum Gasteiger partial charge on any atom is 0.193 e. The molecule has 1 aliphatic heterocycles. The Morgan fingerprint density at radius 1 is 1.25 bits per heavy atom. The monoisotopic (exact) mass is 449 g/mol. The Labute approximate surface area is 161 Å². The van der Waals surface area contributed by atoms with E-state index in [2.05, 4.69) is 39.0 Å². The molecule has 0 aliphatic carbocycles. The van der Waals surface area contributed by atoms with E-state index in [1.807, 2.05) is 19.2 Å². The molecule has 0 aromatic heterocycles. The van der Waals surface area contributed by atoms with Crippen molar-refractivity contribution in [2.75, 3.05) is 64.8 Å². The number of anilines is 1. The Kier molecular flexibility index (Phi) is 9.35. The molecule has 0 unspecified atom stereocenters. The quantitative estimate of drug-likeness (QED) is 0.424. The number of piperazine rings is 1. The van der Waals surface area contributed by atoms with E-state index >= 15 is 0 Å². The minimum absolute atomic E-state index is 0. The van der Waals surface area contributed by atoms with Gasteiger partial charge in [0.15, 0.2) is 5.96 Å². The van der Waals surface area contributed by atoms with Gasteiger partial charge < -0.3 is 20.0 Å². The maximum atomic E-state index is 13.9. The lowest BCUT2D eigenvalue weighted by molar-refractivity contribution is 0.343. The van der Waals surface area contributed by atoms with E-state index in [1.165, 1.54) is 6.07 Å². The van der Waals surface area contributed by atoms with Crippen LogP contribution in [0.3, 0.4) is 0 Å². The molecule has 0 amide bonds. The van der Waals surface area contributed by atoms with Crippen molar-refractivity contribution in [3.8, 4) is 0 Å². The zero-order chi connectivity index (χ0) is 16.7. The predicted molar refractivity (Wildman–Crippen MR) is 110 cm³/mol. The van der Waals surface area contributed by atoms with Gasteiger partial charge in [-0.25, -0.2) is 4.39 Å². The summed E-state index contributed by atoms with van der Waals surface area (Å²) < 4.78 is 13.9. The summed E-state index contributed by atoms with van der Waals surface area (Å²) in [7, 11) is 3.92. The number of guanidine groups is 1. The van der Waals surface area contributed by atoms with Crippen LogP contribution in [-0.2, 0) is 0 Å². The fourth-order valence-electron chi connectivity index (χ4n) is 2.72. The van der Waals surface area contributed by atoms with Crippen LogP contribution in [0.2, 0.25) is 0 Å². The zero-order valence-electron chi connectivity index (χ0n) is 14.8. The van der Waals surface area contributed by atoms with E-state index in [0.29, 0.717) is 5.69 Å². The van der Waals surface area contributed by atoms with Gasteiger partial charge in [-0.05, 0) is 25.7 Å². The van der Waals surface area contributed by atoms with Crippen LogP contribution in [0.25, 0.3) is 0 Å². The van der Waals surface area contributed by atoms with Crippen molar-refractivity contribution in [2.24, 2.45) is 4.99 Å². The number of rotatable bonds is 5. The Hall–Kier alpha value is -1.09. The Bertz CT molecular complexity index is 517. The van der Waals surface area contributed by atoms with Crippen LogP contribution in [0.5, 0.6) is 0 Å². The molecule has 2 rings (SSSR count). The molecule has 1 N–H and O–H groups in total. The largest absolute Gasteiger partial charge is 0.366 e. The van der Waals surface area contributed by atoms with Gasteiger partial charge in [-0.1, -0.05) is 19.1 Å². The molecule has 0 saturated carbocycles. The molecular weight excluding hydrogens is 420 g/mol. The third-order valence-electron chi connectivity index (χ3n) is 4.30. The number of nitrogens with one attached hydrogen (secondary N) is 1. The summed E-state index contributed by atoms with van der Waals surface area (Å²) in [6, 6.07) is 6.98. The van der Waals surface area contributed by atoms with Gasteiger partial charge >= 0.3 is 0 Å². The number of nitrogens with zero attached hydrogens (tertiary/aromatic N) is 4. The smallest absolute Gasteiger partial charge is 0.193 e. The number of para-hydroxylation sites is 1. The maximum absolute atomic E-state index is 13.9. The van der Waals surface area contributed by atoms with Crippen LogP contribution in [0.15, 0.2) is 29.3 Å². The van der Waals surface area contributed by atoms with Crippen molar-refractivity contribution in [3.63, 3.8) is 0 Å². The van der Waals surface area contributed by atoms with Crippen molar-refractivity contribution < 1.29 is 4.39 Å². The number of hydrogen-bond acceptors (Lipinski definition) is 3. The molecule has 1 aromatic rings. The minimum Gasteiger partial charge on any atom is -0.366 e. The summed E-state index contributed by atoms with van der Waals surface area (Å²) in [6.45, 7) is 8.36. The number of aliphatic imine (C=N–C) groups is 1. The van der Waals surface area contributed by atoms with Crippen molar-refractivity contribution in [1.82, 2.24) is 15.1 Å². The third-order valence-corrected chi connectivity index (χ3v) is 4.30. The van der Waals surface area contributed by atoms with Crippen LogP contribution in [0.1, 0.15) is 6.92 Å². The van der Waals surface area contributed by atoms with E-state index in [4.69, 9.17) is 0 Å². The van der Waals surface area contributed by atoms with Crippen molar-refractivity contribution in [1.29, 1.82) is 0 Å². The molecule has 1 aromatic carbocycles. The first kappa shape index (κ1) is 21.0. The molecule has 0 radical (unpaired) electrons. The van der Waals surface area contributed by atoms with Crippen LogP contribution < -0.4 is 10.2 Å². The number of likely N-dealkylation sites (N-methyl/N-ethyl adjacent to an activating group) is 1. The highest BCUT2D eigenvalue weighted by molar-refractivity contribution is 14.0. The molecular formula is C17H29FIN5. The van der Waals surface area contributed by atoms with Gasteiger partial charge in [0.25, 0.3) is 0 Å². The second kappa shape index (κ2) is 10.7. The second-order valence-electron chi connectivity index (χ2n) is 5.80. The molecule has 0 spiro atoms. The van der Waals surface area contributed by atoms with Crippen molar-refractivity contribution >= 4 is 35.6 Å². The molecule has 0 atom stereocenters. The molecule has 1 saturated heterocycles. The van der Waals surface area contributed by atoms with E-state index < -0.39 is 0 Å². The van der Waals surface area contributed by atoms with Gasteiger partial charge in [-0.2, -0.15) is 0 Å². The first-order valence-corrected chi connectivity index (χ1v) is 8.29. The summed E-state index contributed by atoms with van der Waals surface area (Å²) >= 11 is 0. The van der Waals surface area contributed by atoms with E-state index in [-0.39, 0.29) is 29.8 Å². The van der Waals surface area contributed by atoms with Gasteiger partial charge in [-0.15, -0.1) is 24.0 Å². The molecule has 0 bridgehead atoms. The second-order valence-corrected chi connectivity index (χ2v) is 5.80. The van der Waals surface area contributed by atoms with E-state index in [9.17, 15) is 4.39 Å². The van der Waals surface area contributed by atoms with E-state index in [0.717, 1.165) is 51.8 Å². The molecule has 5 nitrogen and oxygen atoms in total. The lowest BCUT2D eigenvalue weighted by Gasteiger charge is -2.37. The number of benzene rings is 1. The highest BCUT2D eigenvalue weighted by Crippen LogP contribution is 2.20. The zero-order valence-corrected chi connectivity index (χ0v) is 17.2. The molecule has 1 aliphatic rings. The Morgan fingerprint density at radius 3 is 2.50 bits per heavy atom. The van der Waals surface area contributed by atoms with Crippen LogP contribution in [0.4, 0.5) is 10.1 Å². The van der Waals surface area contributed by atoms with Crippen LogP contribution >= 0.6 is 24.0 Å².